The molecule has 2 N–H and O–H groups in total. The number of piperazine rings is 1. The second-order valence-electron chi connectivity index (χ2n) is 9.36. The van der Waals surface area contributed by atoms with Gasteiger partial charge in [-0.3, -0.25) is 9.78 Å². The van der Waals surface area contributed by atoms with Crippen LogP contribution in [0.5, 0.6) is 0 Å². The fourth-order valence-electron chi connectivity index (χ4n) is 3.82. The Kier molecular flexibility index (Phi) is 8.25. The molecule has 1 saturated heterocycles. The van der Waals surface area contributed by atoms with E-state index in [4.69, 9.17) is 4.52 Å². The van der Waals surface area contributed by atoms with Gasteiger partial charge in [-0.25, -0.2) is 0 Å². The lowest BCUT2D eigenvalue weighted by molar-refractivity contribution is -0.138. The topological polar surface area (TPSA) is 96.2 Å². The Labute approximate surface area is 213 Å². The molecule has 4 rings (SSSR count). The van der Waals surface area contributed by atoms with Gasteiger partial charge in [0.05, 0.1) is 17.4 Å². The van der Waals surface area contributed by atoms with Crippen molar-refractivity contribution in [2.24, 2.45) is 0 Å². The highest BCUT2D eigenvalue weighted by Gasteiger charge is 2.34. The van der Waals surface area contributed by atoms with Crippen LogP contribution in [0.3, 0.4) is 0 Å². The predicted octanol–water partition coefficient (Wildman–Crippen LogP) is 4.21. The van der Waals surface area contributed by atoms with Crippen LogP contribution in [0.1, 0.15) is 48.4 Å². The van der Waals surface area contributed by atoms with Crippen LogP contribution in [0, 0.1) is 0 Å². The first kappa shape index (κ1) is 27.4. The number of carbonyl (C=O) groups is 1. The van der Waals surface area contributed by atoms with Gasteiger partial charge in [0.1, 0.15) is 0 Å². The molecule has 0 spiro atoms. The number of rotatable bonds is 5. The van der Waals surface area contributed by atoms with E-state index in [1.165, 1.54) is 6.07 Å². The lowest BCUT2D eigenvalue weighted by Gasteiger charge is -2.31. The summed E-state index contributed by atoms with van der Waals surface area (Å²) in [7, 11) is 0. The van der Waals surface area contributed by atoms with Gasteiger partial charge >= 0.3 is 18.0 Å². The molecule has 3 aromatic rings. The third-order valence-electron chi connectivity index (χ3n) is 5.71. The van der Waals surface area contributed by atoms with Gasteiger partial charge in [0.2, 0.25) is 0 Å². The van der Waals surface area contributed by atoms with Crippen molar-refractivity contribution in [1.29, 1.82) is 0 Å². The zero-order chi connectivity index (χ0) is 25.2. The minimum absolute atomic E-state index is 0. The molecule has 0 unspecified atom stereocenters. The quantitative estimate of drug-likeness (QED) is 0.516. The number of nitrogens with zero attached hydrogens (tertiary/aromatic N) is 4. The normalized spacial score (nSPS) is 14.3. The van der Waals surface area contributed by atoms with E-state index in [2.05, 4.69) is 30.7 Å². The van der Waals surface area contributed by atoms with Crippen molar-refractivity contribution in [3.05, 3.63) is 59.5 Å². The molecular formula is C24H28ClF3N6O2. The Balaban J connectivity index is 0.00000361. The number of pyridine rings is 1. The Bertz CT molecular complexity index is 1200. The number of aromatic nitrogens is 3. The van der Waals surface area contributed by atoms with Crippen molar-refractivity contribution < 1.29 is 22.5 Å². The second kappa shape index (κ2) is 10.8. The van der Waals surface area contributed by atoms with Gasteiger partial charge in [0.15, 0.2) is 5.82 Å². The molecule has 0 atom stereocenters. The Hall–Kier alpha value is -3.18. The summed E-state index contributed by atoms with van der Waals surface area (Å²) in [5.41, 5.74) is 0.563. The number of amides is 1. The van der Waals surface area contributed by atoms with E-state index < -0.39 is 23.1 Å². The van der Waals surface area contributed by atoms with E-state index in [1.807, 2.05) is 20.8 Å². The van der Waals surface area contributed by atoms with Gasteiger partial charge in [-0.05, 0) is 23.3 Å². The average Bonchev–Trinajstić information content (AvgIpc) is 3.34. The van der Waals surface area contributed by atoms with Crippen molar-refractivity contribution in [1.82, 2.24) is 25.8 Å². The zero-order valence-corrected chi connectivity index (χ0v) is 21.0. The second-order valence-corrected chi connectivity index (χ2v) is 9.36. The Morgan fingerprint density at radius 3 is 2.53 bits per heavy atom. The average molecular weight is 525 g/mol. The number of nitrogens with one attached hydrogen (secondary N) is 2. The number of benzene rings is 1. The number of hydrogen-bond donors (Lipinski definition) is 2. The van der Waals surface area contributed by atoms with Crippen LogP contribution in [0.2, 0.25) is 0 Å². The molecule has 36 heavy (non-hydrogen) atoms. The van der Waals surface area contributed by atoms with E-state index in [0.717, 1.165) is 37.9 Å². The van der Waals surface area contributed by atoms with Gasteiger partial charge in [-0.15, -0.1) is 12.4 Å². The van der Waals surface area contributed by atoms with E-state index >= 15 is 0 Å². The third-order valence-corrected chi connectivity index (χ3v) is 5.71. The largest absolute Gasteiger partial charge is 0.416 e. The number of alkyl halides is 3. The Morgan fingerprint density at radius 1 is 1.17 bits per heavy atom. The summed E-state index contributed by atoms with van der Waals surface area (Å²) in [4.78, 5) is 22.8. The van der Waals surface area contributed by atoms with Crippen molar-refractivity contribution >= 4 is 24.0 Å². The van der Waals surface area contributed by atoms with Crippen LogP contribution < -0.4 is 15.5 Å². The minimum Gasteiger partial charge on any atom is -0.367 e. The maximum atomic E-state index is 14.0. The molecule has 2 aromatic heterocycles. The van der Waals surface area contributed by atoms with E-state index in [1.54, 1.807) is 24.5 Å². The summed E-state index contributed by atoms with van der Waals surface area (Å²) < 4.78 is 47.0. The molecule has 0 bridgehead atoms. The van der Waals surface area contributed by atoms with Gasteiger partial charge in [0.25, 0.3) is 0 Å². The zero-order valence-electron chi connectivity index (χ0n) is 20.1. The molecule has 0 saturated carbocycles. The molecule has 0 radical (unpaired) electrons. The number of hydrogen-bond acceptors (Lipinski definition) is 7. The molecule has 1 aliphatic heterocycles. The van der Waals surface area contributed by atoms with Gasteiger partial charge in [0, 0.05) is 49.9 Å². The molecule has 1 amide bonds. The summed E-state index contributed by atoms with van der Waals surface area (Å²) in [5.74, 6) is -0.696. The molecule has 1 aromatic carbocycles. The molecule has 12 heteroatoms. The van der Waals surface area contributed by atoms with E-state index in [0.29, 0.717) is 17.0 Å². The van der Waals surface area contributed by atoms with Crippen LogP contribution in [0.4, 0.5) is 18.9 Å². The highest BCUT2D eigenvalue weighted by atomic mass is 35.5. The van der Waals surface area contributed by atoms with Crippen LogP contribution in [0.25, 0.3) is 11.1 Å². The number of anilines is 1. The van der Waals surface area contributed by atoms with Crippen LogP contribution in [-0.2, 0) is 18.1 Å². The molecular weight excluding hydrogens is 497 g/mol. The lowest BCUT2D eigenvalue weighted by atomic mass is 9.96. The highest BCUT2D eigenvalue weighted by Crippen LogP contribution is 2.37. The first-order valence-corrected chi connectivity index (χ1v) is 11.3. The minimum atomic E-state index is -4.61. The van der Waals surface area contributed by atoms with Crippen molar-refractivity contribution in [2.75, 3.05) is 31.1 Å². The SMILES string of the molecule is CC(C)(C)c1noc(C(=O)NCc2ccc(-c3ccncc3N3CCNCC3)cc2C(F)(F)F)n1.Cl. The summed E-state index contributed by atoms with van der Waals surface area (Å²) in [6.45, 7) is 8.27. The third kappa shape index (κ3) is 6.14. The lowest BCUT2D eigenvalue weighted by Crippen LogP contribution is -2.43. The van der Waals surface area contributed by atoms with Crippen molar-refractivity contribution in [2.45, 2.75) is 38.9 Å². The summed E-state index contributed by atoms with van der Waals surface area (Å²) in [6.07, 6.45) is -1.36. The van der Waals surface area contributed by atoms with Crippen LogP contribution in [0.15, 0.2) is 41.2 Å². The van der Waals surface area contributed by atoms with Crippen molar-refractivity contribution in [3.8, 4) is 11.1 Å². The Morgan fingerprint density at radius 2 is 1.89 bits per heavy atom. The summed E-state index contributed by atoms with van der Waals surface area (Å²) in [6, 6.07) is 5.85. The standard InChI is InChI=1S/C24H27F3N6O2.ClH/c1-23(2,3)22-31-21(35-32-22)20(34)30-13-16-5-4-15(12-18(16)24(25,26)27)17-6-7-29-14-19(17)33-10-8-28-9-11-33;/h4-7,12,14,28H,8-11,13H2,1-3H3,(H,30,34);1H. The van der Waals surface area contributed by atoms with E-state index in [-0.39, 0.29) is 30.4 Å². The highest BCUT2D eigenvalue weighted by molar-refractivity contribution is 5.89. The van der Waals surface area contributed by atoms with Crippen LogP contribution in [-0.4, -0.2) is 47.2 Å². The maximum absolute atomic E-state index is 14.0. The fraction of sp³-hybridized carbons (Fsp3) is 0.417. The molecule has 3 heterocycles. The van der Waals surface area contributed by atoms with Crippen LogP contribution >= 0.6 is 12.4 Å². The van der Waals surface area contributed by atoms with Gasteiger partial charge in [-0.2, -0.15) is 18.2 Å². The maximum Gasteiger partial charge on any atom is 0.416 e. The molecule has 1 aliphatic rings. The molecule has 194 valence electrons. The summed E-state index contributed by atoms with van der Waals surface area (Å²) in [5, 5.41) is 9.49. The summed E-state index contributed by atoms with van der Waals surface area (Å²) >= 11 is 0. The smallest absolute Gasteiger partial charge is 0.367 e. The van der Waals surface area contributed by atoms with E-state index in [9.17, 15) is 18.0 Å². The number of carbonyl (C=O) groups excluding carboxylic acids is 1. The molecule has 0 aliphatic carbocycles. The number of halogens is 4. The molecule has 8 nitrogen and oxygen atoms in total. The molecule has 1 fully saturated rings. The van der Waals surface area contributed by atoms with Gasteiger partial charge < -0.3 is 20.1 Å². The van der Waals surface area contributed by atoms with Gasteiger partial charge in [-0.1, -0.05) is 38.1 Å². The monoisotopic (exact) mass is 524 g/mol. The first-order valence-electron chi connectivity index (χ1n) is 11.3. The predicted molar refractivity (Wildman–Crippen MR) is 131 cm³/mol. The van der Waals surface area contributed by atoms with Crippen molar-refractivity contribution in [3.63, 3.8) is 0 Å². The first-order chi connectivity index (χ1) is 16.5. The fourth-order valence-corrected chi connectivity index (χ4v) is 3.82.